The molecule has 0 bridgehead atoms. The lowest BCUT2D eigenvalue weighted by Gasteiger charge is -2.35. The van der Waals surface area contributed by atoms with Gasteiger partial charge in [-0.25, -0.2) is 0 Å². The van der Waals surface area contributed by atoms with Gasteiger partial charge in [0.15, 0.2) is 0 Å². The number of likely N-dealkylation sites (tertiary alicyclic amines) is 1. The maximum absolute atomic E-state index is 12.2. The van der Waals surface area contributed by atoms with Crippen LogP contribution < -0.4 is 0 Å². The molecule has 112 valence electrons. The first-order valence-corrected chi connectivity index (χ1v) is 8.03. The van der Waals surface area contributed by atoms with Gasteiger partial charge in [-0.3, -0.25) is 9.59 Å². The summed E-state index contributed by atoms with van der Waals surface area (Å²) in [6.45, 7) is 6.10. The minimum absolute atomic E-state index is 0.260. The van der Waals surface area contributed by atoms with E-state index in [2.05, 4.69) is 4.90 Å². The first-order chi connectivity index (χ1) is 9.74. The summed E-state index contributed by atoms with van der Waals surface area (Å²) in [5.41, 5.74) is 0. The highest BCUT2D eigenvalue weighted by atomic mass is 16.2. The Morgan fingerprint density at radius 2 is 1.45 bits per heavy atom. The average molecular weight is 279 g/mol. The van der Waals surface area contributed by atoms with Crippen LogP contribution in [0.15, 0.2) is 0 Å². The van der Waals surface area contributed by atoms with E-state index in [-0.39, 0.29) is 5.91 Å². The van der Waals surface area contributed by atoms with E-state index in [1.54, 1.807) is 0 Å². The summed E-state index contributed by atoms with van der Waals surface area (Å²) in [5.74, 6) is 0.872. The van der Waals surface area contributed by atoms with Crippen LogP contribution >= 0.6 is 0 Å². The van der Waals surface area contributed by atoms with Gasteiger partial charge in [-0.05, 0) is 38.8 Å². The van der Waals surface area contributed by atoms with Gasteiger partial charge in [-0.1, -0.05) is 0 Å². The van der Waals surface area contributed by atoms with Crippen LogP contribution in [0.3, 0.4) is 0 Å². The normalized spacial score (nSPS) is 24.2. The Labute approximate surface area is 120 Å². The fourth-order valence-electron chi connectivity index (χ4n) is 3.18. The molecule has 5 nitrogen and oxygen atoms in total. The molecular formula is C15H25N3O2. The van der Waals surface area contributed by atoms with Crippen molar-refractivity contribution in [2.24, 2.45) is 5.92 Å². The molecule has 0 aromatic heterocycles. The highest BCUT2D eigenvalue weighted by Crippen LogP contribution is 2.31. The molecule has 1 saturated carbocycles. The van der Waals surface area contributed by atoms with E-state index in [4.69, 9.17) is 0 Å². The van der Waals surface area contributed by atoms with Gasteiger partial charge >= 0.3 is 0 Å². The lowest BCUT2D eigenvalue weighted by molar-refractivity contribution is -0.140. The summed E-state index contributed by atoms with van der Waals surface area (Å²) in [7, 11) is 0. The molecule has 2 aliphatic heterocycles. The first-order valence-electron chi connectivity index (χ1n) is 8.03. The Bertz CT molecular complexity index is 367. The Balaban J connectivity index is 1.38. The smallest absolute Gasteiger partial charge is 0.225 e. The predicted octanol–water partition coefficient (Wildman–Crippen LogP) is 0.553. The Kier molecular flexibility index (Phi) is 4.24. The van der Waals surface area contributed by atoms with E-state index >= 15 is 0 Å². The standard InChI is InChI=1S/C15H25N3O2/c19-14(5-8-16-6-1-2-7-16)17-9-11-18(12-10-17)15(20)13-3-4-13/h13H,1-12H2. The number of hydrogen-bond acceptors (Lipinski definition) is 3. The van der Waals surface area contributed by atoms with Crippen LogP contribution in [0.5, 0.6) is 0 Å². The molecule has 2 heterocycles. The number of amides is 2. The Hall–Kier alpha value is -1.10. The van der Waals surface area contributed by atoms with Gasteiger partial charge in [0.25, 0.3) is 0 Å². The minimum atomic E-state index is 0.260. The lowest BCUT2D eigenvalue weighted by atomic mass is 10.2. The molecule has 0 unspecified atom stereocenters. The van der Waals surface area contributed by atoms with Crippen molar-refractivity contribution >= 4 is 11.8 Å². The van der Waals surface area contributed by atoms with E-state index in [0.29, 0.717) is 18.2 Å². The third kappa shape index (κ3) is 3.32. The molecule has 0 aromatic rings. The zero-order chi connectivity index (χ0) is 13.9. The number of piperazine rings is 1. The summed E-state index contributed by atoms with van der Waals surface area (Å²) in [6, 6.07) is 0. The van der Waals surface area contributed by atoms with Crippen molar-refractivity contribution in [2.75, 3.05) is 45.8 Å². The van der Waals surface area contributed by atoms with Gasteiger partial charge in [0.1, 0.15) is 0 Å². The average Bonchev–Trinajstić information content (AvgIpc) is 3.21. The van der Waals surface area contributed by atoms with Gasteiger partial charge < -0.3 is 14.7 Å². The van der Waals surface area contributed by atoms with Crippen LogP contribution in [0.25, 0.3) is 0 Å². The number of rotatable bonds is 4. The zero-order valence-corrected chi connectivity index (χ0v) is 12.2. The van der Waals surface area contributed by atoms with E-state index in [0.717, 1.165) is 58.7 Å². The van der Waals surface area contributed by atoms with Crippen molar-refractivity contribution in [1.82, 2.24) is 14.7 Å². The molecule has 0 aromatic carbocycles. The van der Waals surface area contributed by atoms with Crippen LogP contribution in [0.1, 0.15) is 32.1 Å². The van der Waals surface area contributed by atoms with Gasteiger partial charge in [0, 0.05) is 45.1 Å². The highest BCUT2D eigenvalue weighted by Gasteiger charge is 2.35. The second-order valence-electron chi connectivity index (χ2n) is 6.28. The molecule has 2 amide bonds. The summed E-state index contributed by atoms with van der Waals surface area (Å²) in [4.78, 5) is 30.4. The zero-order valence-electron chi connectivity index (χ0n) is 12.2. The second-order valence-corrected chi connectivity index (χ2v) is 6.28. The molecule has 3 fully saturated rings. The second kappa shape index (κ2) is 6.12. The predicted molar refractivity (Wildman–Crippen MR) is 76.2 cm³/mol. The summed E-state index contributed by atoms with van der Waals surface area (Å²) < 4.78 is 0. The number of carbonyl (C=O) groups excluding carboxylic acids is 2. The topological polar surface area (TPSA) is 43.9 Å². The van der Waals surface area contributed by atoms with Crippen LogP contribution in [-0.2, 0) is 9.59 Å². The fraction of sp³-hybridized carbons (Fsp3) is 0.867. The van der Waals surface area contributed by atoms with Crippen molar-refractivity contribution in [3.63, 3.8) is 0 Å². The molecule has 2 saturated heterocycles. The van der Waals surface area contributed by atoms with Crippen LogP contribution in [0.2, 0.25) is 0 Å². The lowest BCUT2D eigenvalue weighted by Crippen LogP contribution is -2.51. The number of hydrogen-bond donors (Lipinski definition) is 0. The maximum Gasteiger partial charge on any atom is 0.225 e. The van der Waals surface area contributed by atoms with Crippen molar-refractivity contribution in [3.05, 3.63) is 0 Å². The quantitative estimate of drug-likeness (QED) is 0.755. The molecule has 0 radical (unpaired) electrons. The Morgan fingerprint density at radius 3 is 2.05 bits per heavy atom. The summed E-state index contributed by atoms with van der Waals surface area (Å²) in [5, 5.41) is 0. The van der Waals surface area contributed by atoms with Crippen molar-refractivity contribution < 1.29 is 9.59 Å². The van der Waals surface area contributed by atoms with Crippen molar-refractivity contribution in [1.29, 1.82) is 0 Å². The van der Waals surface area contributed by atoms with Crippen LogP contribution in [0, 0.1) is 5.92 Å². The first kappa shape index (κ1) is 13.9. The van der Waals surface area contributed by atoms with Crippen molar-refractivity contribution in [3.8, 4) is 0 Å². The van der Waals surface area contributed by atoms with E-state index in [9.17, 15) is 9.59 Å². The molecule has 1 aliphatic carbocycles. The molecule has 5 heteroatoms. The number of nitrogens with zero attached hydrogens (tertiary/aromatic N) is 3. The van der Waals surface area contributed by atoms with Gasteiger partial charge in [-0.2, -0.15) is 0 Å². The van der Waals surface area contributed by atoms with Gasteiger partial charge in [0.2, 0.25) is 11.8 Å². The molecule has 3 rings (SSSR count). The van der Waals surface area contributed by atoms with E-state index in [1.165, 1.54) is 12.8 Å². The third-order valence-corrected chi connectivity index (χ3v) is 4.71. The van der Waals surface area contributed by atoms with Gasteiger partial charge in [0.05, 0.1) is 0 Å². The fourth-order valence-corrected chi connectivity index (χ4v) is 3.18. The largest absolute Gasteiger partial charge is 0.339 e. The maximum atomic E-state index is 12.2. The monoisotopic (exact) mass is 279 g/mol. The molecule has 20 heavy (non-hydrogen) atoms. The number of carbonyl (C=O) groups is 2. The van der Waals surface area contributed by atoms with E-state index in [1.807, 2.05) is 9.80 Å². The van der Waals surface area contributed by atoms with Crippen LogP contribution in [0.4, 0.5) is 0 Å². The molecule has 0 N–H and O–H groups in total. The van der Waals surface area contributed by atoms with E-state index < -0.39 is 0 Å². The third-order valence-electron chi connectivity index (χ3n) is 4.71. The minimum Gasteiger partial charge on any atom is -0.339 e. The highest BCUT2D eigenvalue weighted by molar-refractivity contribution is 5.81. The molecule has 0 spiro atoms. The summed E-state index contributed by atoms with van der Waals surface area (Å²) in [6.07, 6.45) is 5.31. The molecule has 3 aliphatic rings. The summed E-state index contributed by atoms with van der Waals surface area (Å²) >= 11 is 0. The van der Waals surface area contributed by atoms with Gasteiger partial charge in [-0.15, -0.1) is 0 Å². The van der Waals surface area contributed by atoms with Crippen LogP contribution in [-0.4, -0.2) is 72.3 Å². The molecular weight excluding hydrogens is 254 g/mol. The molecule has 0 atom stereocenters. The Morgan fingerprint density at radius 1 is 0.850 bits per heavy atom. The van der Waals surface area contributed by atoms with Crippen molar-refractivity contribution in [2.45, 2.75) is 32.1 Å². The SMILES string of the molecule is O=C(CCN1CCCC1)N1CCN(C(=O)C2CC2)CC1.